The fourth-order valence-corrected chi connectivity index (χ4v) is 2.90. The van der Waals surface area contributed by atoms with Gasteiger partial charge in [0.05, 0.1) is 23.6 Å². The van der Waals surface area contributed by atoms with Gasteiger partial charge in [-0.15, -0.1) is 0 Å². The van der Waals surface area contributed by atoms with Crippen molar-refractivity contribution in [1.29, 1.82) is 0 Å². The van der Waals surface area contributed by atoms with E-state index in [4.69, 9.17) is 16.3 Å². The maximum absolute atomic E-state index is 12.2. The van der Waals surface area contributed by atoms with Crippen molar-refractivity contribution in [3.05, 3.63) is 88.7 Å². The topological polar surface area (TPSA) is 99.6 Å². The number of phenols is 1. The van der Waals surface area contributed by atoms with Crippen LogP contribution in [0, 0.1) is 0 Å². The Labute approximate surface area is 177 Å². The number of ether oxygens (including phenoxy) is 1. The van der Waals surface area contributed by atoms with Crippen molar-refractivity contribution in [1.82, 2.24) is 15.4 Å². The van der Waals surface area contributed by atoms with Gasteiger partial charge < -0.3 is 14.8 Å². The Hall–Kier alpha value is -3.84. The largest absolute Gasteiger partial charge is 0.507 e. The molecule has 0 saturated heterocycles. The number of fused-ring (bicyclic) bond motifs is 1. The van der Waals surface area contributed by atoms with Crippen molar-refractivity contribution in [2.24, 2.45) is 5.10 Å². The number of nitrogens with zero attached hydrogens (tertiary/aromatic N) is 2. The van der Waals surface area contributed by atoms with E-state index < -0.39 is 0 Å². The summed E-state index contributed by atoms with van der Waals surface area (Å²) < 4.78 is 5.67. The lowest BCUT2D eigenvalue weighted by atomic mass is 10.2. The van der Waals surface area contributed by atoms with E-state index in [2.05, 4.69) is 20.5 Å². The van der Waals surface area contributed by atoms with E-state index >= 15 is 0 Å². The summed E-state index contributed by atoms with van der Waals surface area (Å²) in [6.07, 6.45) is 2.93. The molecule has 0 radical (unpaired) electrons. The number of aromatic nitrogens is 2. The van der Waals surface area contributed by atoms with Crippen LogP contribution in [0.3, 0.4) is 0 Å². The van der Waals surface area contributed by atoms with Gasteiger partial charge >= 0.3 is 0 Å². The molecule has 0 unspecified atom stereocenters. The molecule has 0 saturated carbocycles. The number of hydrazone groups is 1. The van der Waals surface area contributed by atoms with Crippen LogP contribution in [0.4, 0.5) is 0 Å². The number of hydrogen-bond acceptors (Lipinski definition) is 5. The predicted octanol–water partition coefficient (Wildman–Crippen LogP) is 4.26. The SMILES string of the molecule is O=C(N/N=C/c1ccc(OCc2ccc(Cl)cc2)cc1O)c1ccc2nc[nH]c2c1. The molecule has 7 nitrogen and oxygen atoms in total. The lowest BCUT2D eigenvalue weighted by molar-refractivity contribution is 0.0955. The van der Waals surface area contributed by atoms with Crippen molar-refractivity contribution in [2.45, 2.75) is 6.61 Å². The fraction of sp³-hybridized carbons (Fsp3) is 0.0455. The molecule has 0 bridgehead atoms. The molecular formula is C22H17ClN4O3. The molecule has 1 heterocycles. The Morgan fingerprint density at radius 2 is 2.00 bits per heavy atom. The van der Waals surface area contributed by atoms with Crippen LogP contribution >= 0.6 is 11.6 Å². The van der Waals surface area contributed by atoms with Gasteiger partial charge in [0, 0.05) is 22.2 Å². The van der Waals surface area contributed by atoms with Gasteiger partial charge in [-0.05, 0) is 48.0 Å². The van der Waals surface area contributed by atoms with Crippen LogP contribution < -0.4 is 10.2 Å². The maximum Gasteiger partial charge on any atom is 0.271 e. The van der Waals surface area contributed by atoms with Crippen LogP contribution in [0.5, 0.6) is 11.5 Å². The molecule has 0 atom stereocenters. The maximum atomic E-state index is 12.2. The molecule has 0 fully saturated rings. The van der Waals surface area contributed by atoms with Gasteiger partial charge in [0.15, 0.2) is 0 Å². The smallest absolute Gasteiger partial charge is 0.271 e. The molecule has 0 spiro atoms. The van der Waals surface area contributed by atoms with Crippen molar-refractivity contribution in [3.63, 3.8) is 0 Å². The minimum atomic E-state index is -0.370. The second-order valence-electron chi connectivity index (χ2n) is 6.47. The molecule has 30 heavy (non-hydrogen) atoms. The lowest BCUT2D eigenvalue weighted by Crippen LogP contribution is -2.17. The van der Waals surface area contributed by atoms with Crippen molar-refractivity contribution < 1.29 is 14.6 Å². The summed E-state index contributed by atoms with van der Waals surface area (Å²) in [5, 5.41) is 14.8. The molecule has 0 aliphatic carbocycles. The number of carbonyl (C=O) groups is 1. The second kappa shape index (κ2) is 8.67. The summed E-state index contributed by atoms with van der Waals surface area (Å²) in [6, 6.07) is 17.3. The summed E-state index contributed by atoms with van der Waals surface area (Å²) in [5.41, 5.74) is 5.82. The monoisotopic (exact) mass is 420 g/mol. The van der Waals surface area contributed by atoms with E-state index in [9.17, 15) is 9.90 Å². The number of amides is 1. The molecule has 3 aromatic carbocycles. The standard InChI is InChI=1S/C22H17ClN4O3/c23-17-5-1-14(2-6-17)12-30-18-7-3-16(21(28)10-18)11-26-27-22(29)15-4-8-19-20(9-15)25-13-24-19/h1-11,13,28H,12H2,(H,24,25)(H,27,29)/b26-11+. The molecule has 0 aliphatic rings. The Kier molecular flexibility index (Phi) is 5.63. The zero-order valence-corrected chi connectivity index (χ0v) is 16.4. The first kappa shape index (κ1) is 19.5. The first-order chi connectivity index (χ1) is 14.6. The molecule has 4 rings (SSSR count). The molecule has 4 aromatic rings. The quantitative estimate of drug-likeness (QED) is 0.320. The van der Waals surface area contributed by atoms with E-state index in [-0.39, 0.29) is 11.7 Å². The Balaban J connectivity index is 1.36. The van der Waals surface area contributed by atoms with Crippen molar-refractivity contribution >= 4 is 34.8 Å². The van der Waals surface area contributed by atoms with Gasteiger partial charge in [-0.25, -0.2) is 10.4 Å². The molecule has 1 amide bonds. The van der Waals surface area contributed by atoms with Crippen LogP contribution in [0.25, 0.3) is 11.0 Å². The highest BCUT2D eigenvalue weighted by Crippen LogP contribution is 2.23. The first-order valence-electron chi connectivity index (χ1n) is 9.05. The van der Waals surface area contributed by atoms with Gasteiger partial charge in [-0.2, -0.15) is 5.10 Å². The summed E-state index contributed by atoms with van der Waals surface area (Å²) in [6.45, 7) is 0.348. The van der Waals surface area contributed by atoms with E-state index in [0.717, 1.165) is 16.6 Å². The van der Waals surface area contributed by atoms with Gasteiger partial charge in [-0.1, -0.05) is 23.7 Å². The summed E-state index contributed by atoms with van der Waals surface area (Å²) >= 11 is 5.87. The van der Waals surface area contributed by atoms with E-state index in [1.807, 2.05) is 12.1 Å². The third kappa shape index (κ3) is 4.59. The van der Waals surface area contributed by atoms with Crippen LogP contribution in [-0.4, -0.2) is 27.2 Å². The summed E-state index contributed by atoms with van der Waals surface area (Å²) in [4.78, 5) is 19.3. The number of hydrogen-bond donors (Lipinski definition) is 3. The zero-order valence-electron chi connectivity index (χ0n) is 15.7. The Bertz CT molecular complexity index is 1220. The van der Waals surface area contributed by atoms with Crippen LogP contribution in [0.1, 0.15) is 21.5 Å². The van der Waals surface area contributed by atoms with Crippen LogP contribution in [0.2, 0.25) is 5.02 Å². The number of phenolic OH excluding ortho intramolecular Hbond substituents is 1. The van der Waals surface area contributed by atoms with Gasteiger partial charge in [0.2, 0.25) is 0 Å². The number of H-pyrrole nitrogens is 1. The zero-order chi connectivity index (χ0) is 20.9. The molecule has 0 aliphatic heterocycles. The number of imidazole rings is 1. The Morgan fingerprint density at radius 1 is 1.17 bits per heavy atom. The molecule has 150 valence electrons. The minimum absolute atomic E-state index is 0.0134. The third-order valence-electron chi connectivity index (χ3n) is 4.37. The highest BCUT2D eigenvalue weighted by Gasteiger charge is 2.07. The van der Waals surface area contributed by atoms with E-state index in [1.54, 1.807) is 48.8 Å². The number of halogens is 1. The second-order valence-corrected chi connectivity index (χ2v) is 6.91. The number of rotatable bonds is 6. The summed E-state index contributed by atoms with van der Waals surface area (Å²) in [7, 11) is 0. The van der Waals surface area contributed by atoms with Gasteiger partial charge in [0.25, 0.3) is 5.91 Å². The highest BCUT2D eigenvalue weighted by molar-refractivity contribution is 6.30. The van der Waals surface area contributed by atoms with Crippen molar-refractivity contribution in [3.8, 4) is 11.5 Å². The third-order valence-corrected chi connectivity index (χ3v) is 4.62. The van der Waals surface area contributed by atoms with E-state index in [1.165, 1.54) is 12.3 Å². The number of aromatic hydroxyl groups is 1. The molecule has 1 aromatic heterocycles. The number of aromatic amines is 1. The molecular weight excluding hydrogens is 404 g/mol. The first-order valence-corrected chi connectivity index (χ1v) is 9.43. The minimum Gasteiger partial charge on any atom is -0.507 e. The average Bonchev–Trinajstić information content (AvgIpc) is 3.22. The Morgan fingerprint density at radius 3 is 2.80 bits per heavy atom. The number of benzene rings is 3. The number of carbonyl (C=O) groups excluding carboxylic acids is 1. The average molecular weight is 421 g/mol. The normalized spacial score (nSPS) is 11.1. The fourth-order valence-electron chi connectivity index (χ4n) is 2.77. The molecule has 8 heteroatoms. The number of nitrogens with one attached hydrogen (secondary N) is 2. The summed E-state index contributed by atoms with van der Waals surface area (Å²) in [5.74, 6) is 0.127. The van der Waals surface area contributed by atoms with Gasteiger partial charge in [-0.3, -0.25) is 4.79 Å². The van der Waals surface area contributed by atoms with E-state index in [0.29, 0.717) is 28.5 Å². The lowest BCUT2D eigenvalue weighted by Gasteiger charge is -2.08. The van der Waals surface area contributed by atoms with Crippen LogP contribution in [-0.2, 0) is 6.61 Å². The van der Waals surface area contributed by atoms with Gasteiger partial charge in [0.1, 0.15) is 18.1 Å². The van der Waals surface area contributed by atoms with Crippen molar-refractivity contribution in [2.75, 3.05) is 0 Å². The van der Waals surface area contributed by atoms with Crippen LogP contribution in [0.15, 0.2) is 72.1 Å². The molecule has 3 N–H and O–H groups in total. The highest BCUT2D eigenvalue weighted by atomic mass is 35.5. The predicted molar refractivity (Wildman–Crippen MR) is 115 cm³/mol.